The van der Waals surface area contributed by atoms with Crippen LogP contribution in [0.15, 0.2) is 17.4 Å². The van der Waals surface area contributed by atoms with Gasteiger partial charge in [-0.05, 0) is 50.9 Å². The third-order valence-corrected chi connectivity index (χ3v) is 8.70. The van der Waals surface area contributed by atoms with Crippen LogP contribution in [0.1, 0.15) is 66.9 Å². The molecule has 4 atom stereocenters. The maximum Gasteiger partial charge on any atom is 0.407 e. The highest BCUT2D eigenvalue weighted by Gasteiger charge is 2.58. The molecule has 0 spiro atoms. The Bertz CT molecular complexity index is 1310. The second kappa shape index (κ2) is 14.4. The maximum atomic E-state index is 14.1. The van der Waals surface area contributed by atoms with Crippen LogP contribution in [0.5, 0.6) is 5.75 Å². The van der Waals surface area contributed by atoms with Crippen LogP contribution in [0, 0.1) is 11.8 Å². The van der Waals surface area contributed by atoms with Crippen LogP contribution in [0.3, 0.4) is 0 Å². The largest absolute Gasteiger partial charge is 0.508 e. The van der Waals surface area contributed by atoms with E-state index in [1.165, 1.54) is 0 Å². The minimum atomic E-state index is -2.69. The van der Waals surface area contributed by atoms with Crippen LogP contribution >= 0.6 is 0 Å². The van der Waals surface area contributed by atoms with Crippen LogP contribution < -0.4 is 16.0 Å². The second-order valence-electron chi connectivity index (χ2n) is 12.1. The van der Waals surface area contributed by atoms with Crippen molar-refractivity contribution >= 4 is 29.3 Å². The lowest BCUT2D eigenvalue weighted by Gasteiger charge is -2.47. The second-order valence-corrected chi connectivity index (χ2v) is 12.1. The van der Waals surface area contributed by atoms with E-state index in [0.717, 1.165) is 25.7 Å². The molecule has 13 nitrogen and oxygen atoms in total. The summed E-state index contributed by atoms with van der Waals surface area (Å²) in [4.78, 5) is 54.7. The quantitative estimate of drug-likeness (QED) is 0.130. The SMILES string of the molecule is CCCCCCOC(=O)NCc1cc(N(C)C)c2c(c1O)C(=O)C1=C(O)[C@](O)(C(=O)CC(N)=O)[C@H]([C@@H](CO)N(C)C)C[C@@H]1C2. The van der Waals surface area contributed by atoms with E-state index >= 15 is 0 Å². The van der Waals surface area contributed by atoms with Gasteiger partial charge in [-0.3, -0.25) is 14.4 Å². The van der Waals surface area contributed by atoms with Gasteiger partial charge in [0.25, 0.3) is 0 Å². The Hall–Kier alpha value is -3.68. The summed E-state index contributed by atoms with van der Waals surface area (Å²) in [6.45, 7) is 1.70. The smallest absolute Gasteiger partial charge is 0.407 e. The van der Waals surface area contributed by atoms with Crippen molar-refractivity contribution in [1.29, 1.82) is 0 Å². The van der Waals surface area contributed by atoms with Gasteiger partial charge in [-0.1, -0.05) is 26.2 Å². The monoisotopic (exact) mass is 618 g/mol. The van der Waals surface area contributed by atoms with Gasteiger partial charge < -0.3 is 46.0 Å². The van der Waals surface area contributed by atoms with Crippen LogP contribution in [-0.2, 0) is 27.3 Å². The highest BCUT2D eigenvalue weighted by atomic mass is 16.5. The number of hydrogen-bond acceptors (Lipinski definition) is 11. The zero-order valence-electron chi connectivity index (χ0n) is 26.2. The molecule has 7 N–H and O–H groups in total. The molecular formula is C31H46N4O9. The molecule has 0 heterocycles. The molecule has 2 aliphatic carbocycles. The molecule has 44 heavy (non-hydrogen) atoms. The molecule has 0 unspecified atom stereocenters. The number of phenolic OH excluding ortho intramolecular Hbond substituents is 1. The molecule has 0 aliphatic heterocycles. The predicted molar refractivity (Wildman–Crippen MR) is 162 cm³/mol. The minimum Gasteiger partial charge on any atom is -0.508 e. The summed E-state index contributed by atoms with van der Waals surface area (Å²) in [5.74, 6) is -6.01. The Morgan fingerprint density at radius 3 is 2.41 bits per heavy atom. The molecule has 0 saturated heterocycles. The van der Waals surface area contributed by atoms with Gasteiger partial charge in [0, 0.05) is 49.4 Å². The average Bonchev–Trinajstić information content (AvgIpc) is 2.94. The highest BCUT2D eigenvalue weighted by Crippen LogP contribution is 2.51. The first-order valence-corrected chi connectivity index (χ1v) is 15.0. The van der Waals surface area contributed by atoms with Crippen molar-refractivity contribution in [2.24, 2.45) is 17.6 Å². The number of anilines is 1. The third kappa shape index (κ3) is 6.84. The van der Waals surface area contributed by atoms with Crippen molar-refractivity contribution in [1.82, 2.24) is 10.2 Å². The number of nitrogens with zero attached hydrogens (tertiary/aromatic N) is 2. The fourth-order valence-corrected chi connectivity index (χ4v) is 6.40. The summed E-state index contributed by atoms with van der Waals surface area (Å²) in [6.07, 6.45) is 2.36. The number of primary amides is 1. The van der Waals surface area contributed by atoms with E-state index in [-0.39, 0.29) is 42.7 Å². The van der Waals surface area contributed by atoms with Crippen molar-refractivity contribution < 1.29 is 44.3 Å². The predicted octanol–water partition coefficient (Wildman–Crippen LogP) is 1.55. The van der Waals surface area contributed by atoms with Crippen LogP contribution in [0.2, 0.25) is 0 Å². The van der Waals surface area contributed by atoms with E-state index in [4.69, 9.17) is 10.5 Å². The normalized spacial score (nSPS) is 21.9. The number of benzene rings is 1. The van der Waals surface area contributed by atoms with Crippen molar-refractivity contribution in [2.75, 3.05) is 46.3 Å². The maximum absolute atomic E-state index is 14.1. The van der Waals surface area contributed by atoms with Gasteiger partial charge in [-0.2, -0.15) is 0 Å². The van der Waals surface area contributed by atoms with Crippen LogP contribution in [0.25, 0.3) is 0 Å². The van der Waals surface area contributed by atoms with Gasteiger partial charge in [0.15, 0.2) is 17.2 Å². The molecular weight excluding hydrogens is 572 g/mol. The molecule has 1 aromatic carbocycles. The van der Waals surface area contributed by atoms with Crippen LogP contribution in [0.4, 0.5) is 10.5 Å². The zero-order valence-corrected chi connectivity index (χ0v) is 26.2. The number of aromatic hydroxyl groups is 1. The van der Waals surface area contributed by atoms with Gasteiger partial charge in [-0.25, -0.2) is 4.79 Å². The number of alkyl carbamates (subject to hydrolysis) is 1. The fourth-order valence-electron chi connectivity index (χ4n) is 6.40. The molecule has 3 rings (SSSR count). The van der Waals surface area contributed by atoms with Gasteiger partial charge in [0.1, 0.15) is 11.5 Å². The Kier molecular flexibility index (Phi) is 11.4. The van der Waals surface area contributed by atoms with Crippen molar-refractivity contribution in [3.05, 3.63) is 34.1 Å². The number of unbranched alkanes of at least 4 members (excludes halogenated alkanes) is 3. The van der Waals surface area contributed by atoms with Gasteiger partial charge in [0.05, 0.1) is 25.2 Å². The molecule has 244 valence electrons. The molecule has 2 amide bonds. The zero-order chi connectivity index (χ0) is 32.9. The van der Waals surface area contributed by atoms with E-state index in [2.05, 4.69) is 12.2 Å². The van der Waals surface area contributed by atoms with E-state index in [1.807, 2.05) is 0 Å². The van der Waals surface area contributed by atoms with E-state index in [1.54, 1.807) is 44.1 Å². The number of nitrogens with two attached hydrogens (primary N) is 1. The topological polar surface area (TPSA) is 203 Å². The third-order valence-electron chi connectivity index (χ3n) is 8.70. The minimum absolute atomic E-state index is 0.00994. The Morgan fingerprint density at radius 1 is 1.16 bits per heavy atom. The standard InChI is InChI=1S/C31H46N4O9/c1-6-7-8-9-10-44-30(42)33-15-18-13-21(34(2)3)19-11-17-12-20(22(16-36)35(4)5)31(43,23(37)14-24(32)38)29(41)25(17)28(40)26(19)27(18)39/h13,17,20,22,36,39,41,43H,6-12,14-16H2,1-5H3,(H2,32,38)(H,33,42)/t17-,20-,22+,31+/m0/s1. The molecule has 0 bridgehead atoms. The molecule has 2 aliphatic rings. The fraction of sp³-hybridized carbons (Fsp3) is 0.613. The number of fused-ring (bicyclic) bond motifs is 2. The number of Topliss-reactive ketones (excluding diaryl/α,β-unsaturated/α-hetero) is 2. The summed E-state index contributed by atoms with van der Waals surface area (Å²) in [5, 5.41) is 47.4. The van der Waals surface area contributed by atoms with Crippen molar-refractivity contribution in [3.63, 3.8) is 0 Å². The number of aliphatic hydroxyl groups is 3. The van der Waals surface area contributed by atoms with Gasteiger partial charge >= 0.3 is 6.09 Å². The van der Waals surface area contributed by atoms with Gasteiger partial charge in [-0.15, -0.1) is 0 Å². The Labute approximate surface area is 257 Å². The average molecular weight is 619 g/mol. The van der Waals surface area contributed by atoms with E-state index < -0.39 is 71.6 Å². The number of likely N-dealkylation sites (N-methyl/N-ethyl adjacent to an activating group) is 1. The van der Waals surface area contributed by atoms with E-state index in [0.29, 0.717) is 11.3 Å². The molecule has 0 aromatic heterocycles. The van der Waals surface area contributed by atoms with E-state index in [9.17, 15) is 39.6 Å². The summed E-state index contributed by atoms with van der Waals surface area (Å²) < 4.78 is 5.21. The summed E-state index contributed by atoms with van der Waals surface area (Å²) in [7, 11) is 6.80. The first-order chi connectivity index (χ1) is 20.7. The number of amides is 2. The number of rotatable bonds is 14. The summed E-state index contributed by atoms with van der Waals surface area (Å²) in [5.41, 5.74) is 3.52. The molecule has 0 fully saturated rings. The molecule has 13 heteroatoms. The lowest BCUT2D eigenvalue weighted by atomic mass is 9.61. The lowest BCUT2D eigenvalue weighted by Crippen LogP contribution is -2.60. The Morgan fingerprint density at radius 2 is 1.84 bits per heavy atom. The number of carbonyl (C=O) groups excluding carboxylic acids is 4. The van der Waals surface area contributed by atoms with Crippen molar-refractivity contribution in [3.8, 4) is 5.75 Å². The van der Waals surface area contributed by atoms with Crippen molar-refractivity contribution in [2.45, 2.75) is 70.1 Å². The lowest BCUT2D eigenvalue weighted by molar-refractivity contribution is -0.151. The number of carbonyl (C=O) groups is 4. The molecule has 0 saturated carbocycles. The van der Waals surface area contributed by atoms with Gasteiger partial charge in [0.2, 0.25) is 5.91 Å². The summed E-state index contributed by atoms with van der Waals surface area (Å²) in [6, 6.07) is 0.847. The number of nitrogens with one attached hydrogen (secondary N) is 1. The number of allylic oxidation sites excluding steroid dienone is 1. The number of aliphatic hydroxyl groups excluding tert-OH is 2. The number of phenols is 1. The summed E-state index contributed by atoms with van der Waals surface area (Å²) >= 11 is 0. The first-order valence-electron chi connectivity index (χ1n) is 15.0. The highest BCUT2D eigenvalue weighted by molar-refractivity contribution is 6.15. The first kappa shape index (κ1) is 34.8. The number of ketones is 2. The van der Waals surface area contributed by atoms with Crippen LogP contribution in [-0.4, -0.2) is 102 Å². The molecule has 0 radical (unpaired) electrons. The number of hydrogen-bond donors (Lipinski definition) is 6. The molecule has 1 aromatic rings. The number of ether oxygens (including phenoxy) is 1. The Balaban J connectivity index is 2.07.